The average molecular weight is 268 g/mol. The first-order valence-electron chi connectivity index (χ1n) is 7.14. The lowest BCUT2D eigenvalue weighted by atomic mass is 10.1. The zero-order valence-corrected chi connectivity index (χ0v) is 12.6. The molecule has 0 saturated heterocycles. The highest BCUT2D eigenvalue weighted by atomic mass is 15.1. The highest BCUT2D eigenvalue weighted by Gasteiger charge is 2.12. The van der Waals surface area contributed by atoms with Crippen molar-refractivity contribution >= 4 is 0 Å². The summed E-state index contributed by atoms with van der Waals surface area (Å²) >= 11 is 0. The number of rotatable bonds is 6. The van der Waals surface area contributed by atoms with E-state index in [1.54, 1.807) is 0 Å². The van der Waals surface area contributed by atoms with Gasteiger partial charge in [0.25, 0.3) is 0 Å². The Labute approximate surface area is 122 Å². The molecular formula is C18H24N2. The maximum absolute atomic E-state index is 3.56. The van der Waals surface area contributed by atoms with Crippen LogP contribution in [0.5, 0.6) is 0 Å². The van der Waals surface area contributed by atoms with Crippen LogP contribution in [-0.4, -0.2) is 25.5 Å². The number of hydrogen-bond donors (Lipinski definition) is 1. The van der Waals surface area contributed by atoms with E-state index >= 15 is 0 Å². The van der Waals surface area contributed by atoms with Crippen LogP contribution in [-0.2, 0) is 6.54 Å². The fourth-order valence-electron chi connectivity index (χ4n) is 2.33. The second kappa shape index (κ2) is 7.22. The van der Waals surface area contributed by atoms with Gasteiger partial charge in [-0.15, -0.1) is 0 Å². The zero-order chi connectivity index (χ0) is 14.4. The summed E-state index contributed by atoms with van der Waals surface area (Å²) in [6, 6.07) is 19.8. The van der Waals surface area contributed by atoms with Crippen LogP contribution in [0.4, 0.5) is 0 Å². The highest BCUT2D eigenvalue weighted by molar-refractivity contribution is 5.22. The summed E-state index contributed by atoms with van der Waals surface area (Å²) in [6.07, 6.45) is 0. The van der Waals surface area contributed by atoms with Gasteiger partial charge in [-0.1, -0.05) is 60.2 Å². The molecule has 20 heavy (non-hydrogen) atoms. The molecule has 1 N–H and O–H groups in total. The van der Waals surface area contributed by atoms with E-state index in [9.17, 15) is 0 Å². The van der Waals surface area contributed by atoms with E-state index in [1.165, 1.54) is 16.7 Å². The van der Waals surface area contributed by atoms with Crippen molar-refractivity contribution in [2.24, 2.45) is 0 Å². The second-order valence-electron chi connectivity index (χ2n) is 5.51. The van der Waals surface area contributed by atoms with Gasteiger partial charge in [0, 0.05) is 19.1 Å². The van der Waals surface area contributed by atoms with Crippen molar-refractivity contribution in [3.63, 3.8) is 0 Å². The monoisotopic (exact) mass is 268 g/mol. The van der Waals surface area contributed by atoms with Crippen molar-refractivity contribution in [1.82, 2.24) is 10.2 Å². The molecule has 0 aliphatic heterocycles. The molecule has 0 heterocycles. The summed E-state index contributed by atoms with van der Waals surface area (Å²) in [7, 11) is 4.26. The molecule has 0 aliphatic carbocycles. The lowest BCUT2D eigenvalue weighted by Gasteiger charge is -2.25. The first kappa shape index (κ1) is 14.8. The fourth-order valence-corrected chi connectivity index (χ4v) is 2.33. The first-order valence-corrected chi connectivity index (χ1v) is 7.14. The molecule has 2 aromatic rings. The Balaban J connectivity index is 1.91. The van der Waals surface area contributed by atoms with E-state index < -0.39 is 0 Å². The first-order chi connectivity index (χ1) is 9.66. The molecule has 0 amide bonds. The van der Waals surface area contributed by atoms with Crippen molar-refractivity contribution in [2.75, 3.05) is 20.6 Å². The number of benzene rings is 2. The predicted molar refractivity (Wildman–Crippen MR) is 85.8 cm³/mol. The van der Waals surface area contributed by atoms with Gasteiger partial charge in [0.05, 0.1) is 0 Å². The molecule has 0 radical (unpaired) electrons. The minimum absolute atomic E-state index is 0.404. The average Bonchev–Trinajstić information content (AvgIpc) is 2.46. The van der Waals surface area contributed by atoms with Crippen LogP contribution in [0.25, 0.3) is 0 Å². The van der Waals surface area contributed by atoms with Crippen molar-refractivity contribution in [2.45, 2.75) is 19.5 Å². The van der Waals surface area contributed by atoms with E-state index in [1.807, 2.05) is 0 Å². The lowest BCUT2D eigenvalue weighted by Crippen LogP contribution is -2.30. The van der Waals surface area contributed by atoms with Gasteiger partial charge >= 0.3 is 0 Å². The molecule has 1 unspecified atom stereocenters. The van der Waals surface area contributed by atoms with E-state index in [-0.39, 0.29) is 0 Å². The molecule has 0 spiro atoms. The topological polar surface area (TPSA) is 15.3 Å². The predicted octanol–water partition coefficient (Wildman–Crippen LogP) is 3.39. The summed E-state index contributed by atoms with van der Waals surface area (Å²) in [6.45, 7) is 3.98. The minimum atomic E-state index is 0.404. The normalized spacial score (nSPS) is 12.6. The van der Waals surface area contributed by atoms with Gasteiger partial charge in [-0.2, -0.15) is 0 Å². The Morgan fingerprint density at radius 1 is 0.950 bits per heavy atom. The van der Waals surface area contributed by atoms with Crippen molar-refractivity contribution in [3.05, 3.63) is 71.3 Å². The molecule has 0 aliphatic rings. The van der Waals surface area contributed by atoms with Gasteiger partial charge in [0.15, 0.2) is 0 Å². The molecule has 2 nitrogen and oxygen atoms in total. The largest absolute Gasteiger partial charge is 0.311 e. The van der Waals surface area contributed by atoms with Crippen LogP contribution in [0.3, 0.4) is 0 Å². The molecule has 0 aromatic heterocycles. The Hall–Kier alpha value is -1.64. The summed E-state index contributed by atoms with van der Waals surface area (Å²) in [5.74, 6) is 0. The summed E-state index contributed by atoms with van der Waals surface area (Å²) in [5, 5.41) is 3.56. The van der Waals surface area contributed by atoms with E-state index in [4.69, 9.17) is 0 Å². The summed E-state index contributed by atoms with van der Waals surface area (Å²) in [4.78, 5) is 2.26. The van der Waals surface area contributed by atoms with Crippen LogP contribution >= 0.6 is 0 Å². The third-order valence-electron chi connectivity index (χ3n) is 3.60. The van der Waals surface area contributed by atoms with Crippen molar-refractivity contribution in [1.29, 1.82) is 0 Å². The fraction of sp³-hybridized carbons (Fsp3) is 0.333. The maximum Gasteiger partial charge on any atom is 0.0466 e. The summed E-state index contributed by atoms with van der Waals surface area (Å²) < 4.78 is 0. The molecule has 1 atom stereocenters. The van der Waals surface area contributed by atoms with Crippen molar-refractivity contribution in [3.8, 4) is 0 Å². The Morgan fingerprint density at radius 3 is 2.20 bits per heavy atom. The van der Waals surface area contributed by atoms with Crippen LogP contribution < -0.4 is 5.32 Å². The molecule has 106 valence electrons. The smallest absolute Gasteiger partial charge is 0.0466 e. The molecular weight excluding hydrogens is 244 g/mol. The SMILES string of the molecule is Cc1ccc(CNCC(c2ccccc2)N(C)C)cc1. The van der Waals surface area contributed by atoms with Gasteiger partial charge in [-0.3, -0.25) is 0 Å². The summed E-state index contributed by atoms with van der Waals surface area (Å²) in [5.41, 5.74) is 4.00. The van der Waals surface area contributed by atoms with Crippen LogP contribution in [0.1, 0.15) is 22.7 Å². The molecule has 0 saturated carbocycles. The number of likely N-dealkylation sites (N-methyl/N-ethyl adjacent to an activating group) is 1. The lowest BCUT2D eigenvalue weighted by molar-refractivity contribution is 0.288. The molecule has 2 rings (SSSR count). The second-order valence-corrected chi connectivity index (χ2v) is 5.51. The molecule has 0 bridgehead atoms. The van der Waals surface area contributed by atoms with Gasteiger partial charge in [-0.25, -0.2) is 0 Å². The quantitative estimate of drug-likeness (QED) is 0.864. The van der Waals surface area contributed by atoms with E-state index in [2.05, 4.69) is 85.8 Å². The van der Waals surface area contributed by atoms with E-state index in [0.717, 1.165) is 13.1 Å². The maximum atomic E-state index is 3.56. The molecule has 2 aromatic carbocycles. The van der Waals surface area contributed by atoms with Crippen LogP contribution in [0, 0.1) is 6.92 Å². The number of aryl methyl sites for hydroxylation is 1. The van der Waals surface area contributed by atoms with E-state index in [0.29, 0.717) is 6.04 Å². The Bertz CT molecular complexity index is 503. The molecule has 2 heteroatoms. The van der Waals surface area contributed by atoms with Crippen LogP contribution in [0.15, 0.2) is 54.6 Å². The van der Waals surface area contributed by atoms with Gasteiger partial charge < -0.3 is 10.2 Å². The van der Waals surface area contributed by atoms with Gasteiger partial charge in [0.2, 0.25) is 0 Å². The third kappa shape index (κ3) is 4.19. The zero-order valence-electron chi connectivity index (χ0n) is 12.6. The van der Waals surface area contributed by atoms with Crippen LogP contribution in [0.2, 0.25) is 0 Å². The standard InChI is InChI=1S/C18H24N2/c1-15-9-11-16(12-10-15)13-19-14-18(20(2)3)17-7-5-4-6-8-17/h4-12,18-19H,13-14H2,1-3H3. The Morgan fingerprint density at radius 2 is 1.60 bits per heavy atom. The Kier molecular flexibility index (Phi) is 5.33. The van der Waals surface area contributed by atoms with Crippen molar-refractivity contribution < 1.29 is 0 Å². The molecule has 0 fully saturated rings. The number of nitrogens with zero attached hydrogens (tertiary/aromatic N) is 1. The van der Waals surface area contributed by atoms with Gasteiger partial charge in [-0.05, 0) is 32.1 Å². The number of nitrogens with one attached hydrogen (secondary N) is 1. The minimum Gasteiger partial charge on any atom is -0.311 e. The van der Waals surface area contributed by atoms with Gasteiger partial charge in [0.1, 0.15) is 0 Å². The number of hydrogen-bond acceptors (Lipinski definition) is 2. The third-order valence-corrected chi connectivity index (χ3v) is 3.60. The highest BCUT2D eigenvalue weighted by Crippen LogP contribution is 2.16.